The summed E-state index contributed by atoms with van der Waals surface area (Å²) in [5, 5.41) is 6.13. The number of benzene rings is 1. The van der Waals surface area contributed by atoms with Crippen LogP contribution in [0.5, 0.6) is 0 Å². The van der Waals surface area contributed by atoms with Gasteiger partial charge in [-0.2, -0.15) is 0 Å². The van der Waals surface area contributed by atoms with Crippen molar-refractivity contribution in [2.75, 3.05) is 27.7 Å². The lowest BCUT2D eigenvalue weighted by Crippen LogP contribution is -2.38. The molecule has 0 saturated carbocycles. The molecule has 1 amide bonds. The number of halogens is 2. The van der Waals surface area contributed by atoms with Crippen LogP contribution >= 0.6 is 24.0 Å². The zero-order chi connectivity index (χ0) is 15.8. The average Bonchev–Trinajstić information content (AvgIpc) is 2.45. The summed E-state index contributed by atoms with van der Waals surface area (Å²) in [6.45, 7) is 2.70. The van der Waals surface area contributed by atoms with Crippen LogP contribution in [0.4, 0.5) is 4.39 Å². The summed E-state index contributed by atoms with van der Waals surface area (Å²) in [6.07, 6.45) is 0.396. The van der Waals surface area contributed by atoms with Crippen LogP contribution in [0.3, 0.4) is 0 Å². The maximum atomic E-state index is 13.4. The Morgan fingerprint density at radius 2 is 2.00 bits per heavy atom. The van der Waals surface area contributed by atoms with Gasteiger partial charge in [0.05, 0.1) is 0 Å². The molecule has 0 aliphatic carbocycles. The quantitative estimate of drug-likeness (QED) is 0.433. The van der Waals surface area contributed by atoms with Gasteiger partial charge < -0.3 is 15.5 Å². The smallest absolute Gasteiger partial charge is 0.223 e. The van der Waals surface area contributed by atoms with E-state index in [0.29, 0.717) is 31.0 Å². The highest BCUT2D eigenvalue weighted by atomic mass is 127. The third kappa shape index (κ3) is 7.06. The lowest BCUT2D eigenvalue weighted by atomic mass is 10.1. The second-order valence-electron chi connectivity index (χ2n) is 4.97. The highest BCUT2D eigenvalue weighted by molar-refractivity contribution is 14.0. The molecule has 2 N–H and O–H groups in total. The highest BCUT2D eigenvalue weighted by Crippen LogP contribution is 2.08. The molecular formula is C15H24FIN4O. The molecule has 1 aromatic rings. The Kier molecular flexibility index (Phi) is 9.71. The fraction of sp³-hybridized carbons (Fsp3) is 0.467. The van der Waals surface area contributed by atoms with E-state index in [9.17, 15) is 9.18 Å². The summed E-state index contributed by atoms with van der Waals surface area (Å²) in [6, 6.07) is 5.12. The Morgan fingerprint density at radius 1 is 1.32 bits per heavy atom. The van der Waals surface area contributed by atoms with Crippen molar-refractivity contribution in [2.24, 2.45) is 4.99 Å². The fourth-order valence-corrected chi connectivity index (χ4v) is 1.66. The summed E-state index contributed by atoms with van der Waals surface area (Å²) in [4.78, 5) is 17.1. The third-order valence-corrected chi connectivity index (χ3v) is 3.05. The summed E-state index contributed by atoms with van der Waals surface area (Å²) in [5.41, 5.74) is 1.47. The Balaban J connectivity index is 0.00000441. The fourth-order valence-electron chi connectivity index (χ4n) is 1.66. The first-order chi connectivity index (χ1) is 9.93. The van der Waals surface area contributed by atoms with Crippen LogP contribution in [0.25, 0.3) is 0 Å². The minimum absolute atomic E-state index is 0. The van der Waals surface area contributed by atoms with E-state index in [-0.39, 0.29) is 35.7 Å². The van der Waals surface area contributed by atoms with Crippen molar-refractivity contribution in [3.63, 3.8) is 0 Å². The molecule has 0 unspecified atom stereocenters. The van der Waals surface area contributed by atoms with E-state index in [1.54, 1.807) is 39.0 Å². The minimum atomic E-state index is -0.214. The first kappa shape index (κ1) is 20.6. The van der Waals surface area contributed by atoms with Gasteiger partial charge in [0.25, 0.3) is 0 Å². The largest absolute Gasteiger partial charge is 0.356 e. The predicted octanol–water partition coefficient (Wildman–Crippen LogP) is 1.90. The number of hydrogen-bond donors (Lipinski definition) is 2. The Labute approximate surface area is 148 Å². The second-order valence-corrected chi connectivity index (χ2v) is 4.97. The number of carbonyl (C=O) groups is 1. The van der Waals surface area contributed by atoms with E-state index >= 15 is 0 Å². The number of rotatable bonds is 5. The van der Waals surface area contributed by atoms with Crippen LogP contribution in [0, 0.1) is 12.7 Å². The van der Waals surface area contributed by atoms with Gasteiger partial charge in [-0.3, -0.25) is 9.79 Å². The highest BCUT2D eigenvalue weighted by Gasteiger charge is 2.05. The van der Waals surface area contributed by atoms with Crippen LogP contribution in [0.2, 0.25) is 0 Å². The van der Waals surface area contributed by atoms with Gasteiger partial charge in [-0.1, -0.05) is 12.1 Å². The Morgan fingerprint density at radius 3 is 2.55 bits per heavy atom. The molecule has 0 aromatic heterocycles. The zero-order valence-electron chi connectivity index (χ0n) is 13.4. The summed E-state index contributed by atoms with van der Waals surface area (Å²) >= 11 is 0. The van der Waals surface area contributed by atoms with Crippen LogP contribution in [0.15, 0.2) is 23.2 Å². The lowest BCUT2D eigenvalue weighted by molar-refractivity contribution is -0.128. The summed E-state index contributed by atoms with van der Waals surface area (Å²) < 4.78 is 13.4. The molecule has 1 aromatic carbocycles. The number of nitrogens with zero attached hydrogens (tertiary/aromatic N) is 2. The molecule has 0 heterocycles. The van der Waals surface area contributed by atoms with Gasteiger partial charge >= 0.3 is 0 Å². The van der Waals surface area contributed by atoms with E-state index in [0.717, 1.165) is 5.56 Å². The number of nitrogens with one attached hydrogen (secondary N) is 2. The molecule has 0 aliphatic heterocycles. The minimum Gasteiger partial charge on any atom is -0.356 e. The van der Waals surface area contributed by atoms with Crippen molar-refractivity contribution in [3.8, 4) is 0 Å². The van der Waals surface area contributed by atoms with Crippen LogP contribution < -0.4 is 10.6 Å². The molecule has 124 valence electrons. The van der Waals surface area contributed by atoms with E-state index in [4.69, 9.17) is 0 Å². The first-order valence-corrected chi connectivity index (χ1v) is 6.83. The lowest BCUT2D eigenvalue weighted by Gasteiger charge is -2.14. The van der Waals surface area contributed by atoms with E-state index < -0.39 is 0 Å². The normalized spacial score (nSPS) is 10.7. The Hall–Kier alpha value is -1.38. The van der Waals surface area contributed by atoms with Crippen LogP contribution in [0.1, 0.15) is 17.5 Å². The third-order valence-electron chi connectivity index (χ3n) is 3.05. The zero-order valence-corrected chi connectivity index (χ0v) is 15.8. The van der Waals surface area contributed by atoms with Gasteiger partial charge in [-0.15, -0.1) is 24.0 Å². The number of carbonyl (C=O) groups excluding carboxylic acids is 1. The number of amides is 1. The number of guanidine groups is 1. The van der Waals surface area contributed by atoms with E-state index in [1.165, 1.54) is 6.07 Å². The van der Waals surface area contributed by atoms with Crippen LogP contribution in [-0.2, 0) is 11.3 Å². The van der Waals surface area contributed by atoms with Gasteiger partial charge in [0, 0.05) is 40.7 Å². The number of aliphatic imine (C=N–C) groups is 1. The van der Waals surface area contributed by atoms with Crippen molar-refractivity contribution >= 4 is 35.8 Å². The van der Waals surface area contributed by atoms with Crippen LogP contribution in [-0.4, -0.2) is 44.5 Å². The predicted molar refractivity (Wildman–Crippen MR) is 98.1 cm³/mol. The molecule has 0 fully saturated rings. The van der Waals surface area contributed by atoms with Crippen molar-refractivity contribution < 1.29 is 9.18 Å². The molecule has 0 spiro atoms. The summed E-state index contributed by atoms with van der Waals surface area (Å²) in [7, 11) is 5.10. The number of aryl methyl sites for hydroxylation is 1. The molecule has 0 atom stereocenters. The molecular weight excluding hydrogens is 398 g/mol. The molecule has 0 aliphatic rings. The van der Waals surface area contributed by atoms with E-state index in [2.05, 4.69) is 15.6 Å². The molecule has 5 nitrogen and oxygen atoms in total. The topological polar surface area (TPSA) is 56.7 Å². The molecule has 0 bridgehead atoms. The van der Waals surface area contributed by atoms with Gasteiger partial charge in [0.15, 0.2) is 5.96 Å². The SMILES string of the molecule is CN=C(NCCC(=O)N(C)C)NCc1ccc(C)c(F)c1.I. The second kappa shape index (κ2) is 10.4. The molecule has 22 heavy (non-hydrogen) atoms. The Bertz CT molecular complexity index is 520. The van der Waals surface area contributed by atoms with Gasteiger partial charge in [0.1, 0.15) is 5.82 Å². The van der Waals surface area contributed by atoms with Gasteiger partial charge in [-0.05, 0) is 24.1 Å². The van der Waals surface area contributed by atoms with Crippen molar-refractivity contribution in [1.82, 2.24) is 15.5 Å². The maximum Gasteiger partial charge on any atom is 0.223 e. The molecule has 0 saturated heterocycles. The van der Waals surface area contributed by atoms with Gasteiger partial charge in [0.2, 0.25) is 5.91 Å². The van der Waals surface area contributed by atoms with Crippen molar-refractivity contribution in [3.05, 3.63) is 35.1 Å². The first-order valence-electron chi connectivity index (χ1n) is 6.83. The number of hydrogen-bond acceptors (Lipinski definition) is 2. The average molecular weight is 422 g/mol. The van der Waals surface area contributed by atoms with Crippen molar-refractivity contribution in [2.45, 2.75) is 19.9 Å². The standard InChI is InChI=1S/C15H23FN4O.HI/c1-11-5-6-12(9-13(11)16)10-19-15(17-2)18-8-7-14(21)20(3)4;/h5-6,9H,7-8,10H2,1-4H3,(H2,17,18,19);1H. The van der Waals surface area contributed by atoms with Gasteiger partial charge in [-0.25, -0.2) is 4.39 Å². The molecule has 7 heteroatoms. The van der Waals surface area contributed by atoms with Crippen molar-refractivity contribution in [1.29, 1.82) is 0 Å². The summed E-state index contributed by atoms with van der Waals surface area (Å²) in [5.74, 6) is 0.426. The molecule has 0 radical (unpaired) electrons. The maximum absolute atomic E-state index is 13.4. The molecule has 1 rings (SSSR count). The van der Waals surface area contributed by atoms with E-state index in [1.807, 2.05) is 6.07 Å². The monoisotopic (exact) mass is 422 g/mol.